The number of halogens is 3. The van der Waals surface area contributed by atoms with Crippen molar-refractivity contribution in [1.82, 2.24) is 10.3 Å². The highest BCUT2D eigenvalue weighted by Crippen LogP contribution is 2.35. The first-order chi connectivity index (χ1) is 12.8. The molecule has 0 fully saturated rings. The summed E-state index contributed by atoms with van der Waals surface area (Å²) in [4.78, 5) is 1.91. The highest BCUT2D eigenvalue weighted by molar-refractivity contribution is 5.75. The van der Waals surface area contributed by atoms with Crippen LogP contribution in [0.15, 0.2) is 60.1 Å². The molecule has 0 bridgehead atoms. The fourth-order valence-electron chi connectivity index (χ4n) is 3.33. The number of aliphatic hydroxyl groups excluding tert-OH is 1. The second kappa shape index (κ2) is 5.97. The Labute approximate surface area is 154 Å². The van der Waals surface area contributed by atoms with Crippen molar-refractivity contribution in [3.63, 3.8) is 0 Å². The first kappa shape index (κ1) is 17.3. The minimum Gasteiger partial charge on any atom is -0.492 e. The number of benzene rings is 2. The summed E-state index contributed by atoms with van der Waals surface area (Å²) in [6, 6.07) is 12.6. The van der Waals surface area contributed by atoms with E-state index in [1.165, 1.54) is 17.1 Å². The molecule has 0 aliphatic carbocycles. The number of nitrogens with zero attached hydrogens (tertiary/aromatic N) is 2. The summed E-state index contributed by atoms with van der Waals surface area (Å²) in [7, 11) is 0. The molecule has 2 heterocycles. The standard InChI is InChI=1S/C20H18F3N3O/c1-12(2)25-11-13-6-3-4-9-16(13)17-18(25)19(27)26(24-17)15-8-5-7-14(10-15)20(21,22)23/h3-12,24,27H,1-2H3. The first-order valence-electron chi connectivity index (χ1n) is 8.54. The van der Waals surface area contributed by atoms with E-state index in [-0.39, 0.29) is 17.6 Å². The SMILES string of the molecule is CC(C)N1C=c2ccccc2=C2NN(c3cccc(C(F)(F)F)c3)C(O)=C21. The molecule has 27 heavy (non-hydrogen) atoms. The molecule has 2 aliphatic heterocycles. The number of anilines is 1. The number of hydrazine groups is 1. The van der Waals surface area contributed by atoms with Gasteiger partial charge in [-0.2, -0.15) is 13.2 Å². The average molecular weight is 373 g/mol. The zero-order valence-electron chi connectivity index (χ0n) is 14.7. The number of nitrogens with one attached hydrogen (secondary N) is 1. The number of alkyl halides is 3. The topological polar surface area (TPSA) is 38.7 Å². The third-order valence-electron chi connectivity index (χ3n) is 4.64. The minimum atomic E-state index is -4.46. The fourth-order valence-corrected chi connectivity index (χ4v) is 3.33. The van der Waals surface area contributed by atoms with Gasteiger partial charge in [0.05, 0.1) is 16.9 Å². The highest BCUT2D eigenvalue weighted by Gasteiger charge is 2.36. The summed E-state index contributed by atoms with van der Waals surface area (Å²) in [5.41, 5.74) is 3.72. The molecule has 0 amide bonds. The smallest absolute Gasteiger partial charge is 0.416 e. The second-order valence-electron chi connectivity index (χ2n) is 6.76. The third-order valence-corrected chi connectivity index (χ3v) is 4.64. The second-order valence-corrected chi connectivity index (χ2v) is 6.76. The predicted molar refractivity (Wildman–Crippen MR) is 97.3 cm³/mol. The van der Waals surface area contributed by atoms with Gasteiger partial charge >= 0.3 is 6.18 Å². The van der Waals surface area contributed by atoms with Crippen LogP contribution in [0, 0.1) is 0 Å². The zero-order valence-corrected chi connectivity index (χ0v) is 14.7. The Hall–Kier alpha value is -3.09. The van der Waals surface area contributed by atoms with Crippen molar-refractivity contribution in [3.8, 4) is 0 Å². The van der Waals surface area contributed by atoms with Crippen LogP contribution in [0.5, 0.6) is 0 Å². The predicted octanol–water partition coefficient (Wildman–Crippen LogP) is 3.03. The molecule has 4 nitrogen and oxygen atoms in total. The number of fused-ring (bicyclic) bond motifs is 2. The van der Waals surface area contributed by atoms with E-state index in [0.717, 1.165) is 22.6 Å². The van der Waals surface area contributed by atoms with E-state index in [9.17, 15) is 18.3 Å². The fraction of sp³-hybridized carbons (Fsp3) is 0.200. The largest absolute Gasteiger partial charge is 0.492 e. The quantitative estimate of drug-likeness (QED) is 0.849. The number of aliphatic hydroxyl groups is 1. The summed E-state index contributed by atoms with van der Waals surface area (Å²) >= 11 is 0. The van der Waals surface area contributed by atoms with Crippen LogP contribution in [-0.2, 0) is 6.18 Å². The molecule has 7 heteroatoms. The molecule has 0 saturated heterocycles. The lowest BCUT2D eigenvalue weighted by molar-refractivity contribution is -0.137. The Bertz CT molecular complexity index is 1060. The molecule has 0 aromatic heterocycles. The summed E-state index contributed by atoms with van der Waals surface area (Å²) in [5.74, 6) is -0.135. The van der Waals surface area contributed by atoms with Crippen LogP contribution in [0.25, 0.3) is 11.9 Å². The van der Waals surface area contributed by atoms with Gasteiger partial charge in [-0.1, -0.05) is 30.3 Å². The van der Waals surface area contributed by atoms with Gasteiger partial charge in [0, 0.05) is 22.7 Å². The van der Waals surface area contributed by atoms with E-state index in [2.05, 4.69) is 5.43 Å². The van der Waals surface area contributed by atoms with E-state index in [0.29, 0.717) is 11.4 Å². The van der Waals surface area contributed by atoms with Crippen molar-refractivity contribution < 1.29 is 18.3 Å². The van der Waals surface area contributed by atoms with E-state index >= 15 is 0 Å². The van der Waals surface area contributed by atoms with Gasteiger partial charge in [0.15, 0.2) is 0 Å². The van der Waals surface area contributed by atoms with Gasteiger partial charge in [-0.05, 0) is 32.0 Å². The van der Waals surface area contributed by atoms with Crippen LogP contribution in [0.2, 0.25) is 0 Å². The van der Waals surface area contributed by atoms with Crippen LogP contribution in [-0.4, -0.2) is 16.0 Å². The molecule has 2 aliphatic rings. The molecule has 140 valence electrons. The van der Waals surface area contributed by atoms with Crippen molar-refractivity contribution in [2.75, 3.05) is 5.01 Å². The molecule has 2 N–H and O–H groups in total. The molecular formula is C20H18F3N3O. The number of hydrogen-bond donors (Lipinski definition) is 2. The summed E-state index contributed by atoms with van der Waals surface area (Å²) in [5, 5.41) is 14.0. The lowest BCUT2D eigenvalue weighted by Crippen LogP contribution is -2.42. The van der Waals surface area contributed by atoms with Crippen LogP contribution in [0.1, 0.15) is 19.4 Å². The van der Waals surface area contributed by atoms with Crippen molar-refractivity contribution in [2.45, 2.75) is 26.1 Å². The molecule has 2 aromatic rings. The van der Waals surface area contributed by atoms with E-state index in [1.54, 1.807) is 0 Å². The van der Waals surface area contributed by atoms with Crippen LogP contribution < -0.4 is 20.9 Å². The molecule has 0 saturated carbocycles. The normalized spacial score (nSPS) is 16.3. The Morgan fingerprint density at radius 2 is 1.78 bits per heavy atom. The molecule has 4 rings (SSSR count). The van der Waals surface area contributed by atoms with Crippen molar-refractivity contribution >= 4 is 17.6 Å². The maximum Gasteiger partial charge on any atom is 0.416 e. The monoisotopic (exact) mass is 373 g/mol. The average Bonchev–Trinajstić information content (AvgIpc) is 2.98. The minimum absolute atomic E-state index is 0.0498. The zero-order chi connectivity index (χ0) is 19.3. The van der Waals surface area contributed by atoms with E-state index < -0.39 is 11.7 Å². The Balaban J connectivity index is 1.89. The van der Waals surface area contributed by atoms with Crippen LogP contribution in [0.3, 0.4) is 0 Å². The van der Waals surface area contributed by atoms with Gasteiger partial charge in [-0.25, -0.2) is 5.01 Å². The van der Waals surface area contributed by atoms with Gasteiger partial charge < -0.3 is 10.0 Å². The van der Waals surface area contributed by atoms with Crippen LogP contribution in [0.4, 0.5) is 18.9 Å². The van der Waals surface area contributed by atoms with Gasteiger partial charge in [0.25, 0.3) is 0 Å². The third kappa shape index (κ3) is 2.79. The Morgan fingerprint density at radius 1 is 1.04 bits per heavy atom. The lowest BCUT2D eigenvalue weighted by atomic mass is 10.1. The van der Waals surface area contributed by atoms with Gasteiger partial charge in [0.2, 0.25) is 5.88 Å². The molecule has 0 radical (unpaired) electrons. The summed E-state index contributed by atoms with van der Waals surface area (Å²) in [6.07, 6.45) is -2.52. The van der Waals surface area contributed by atoms with E-state index in [4.69, 9.17) is 0 Å². The first-order valence-corrected chi connectivity index (χ1v) is 8.54. The van der Waals surface area contributed by atoms with Gasteiger partial charge in [-0.3, -0.25) is 5.43 Å². The van der Waals surface area contributed by atoms with Crippen molar-refractivity contribution in [3.05, 3.63) is 76.1 Å². The number of rotatable bonds is 2. The van der Waals surface area contributed by atoms with Gasteiger partial charge in [-0.15, -0.1) is 0 Å². The maximum absolute atomic E-state index is 13.1. The van der Waals surface area contributed by atoms with Crippen molar-refractivity contribution in [2.24, 2.45) is 0 Å². The summed E-state index contributed by atoms with van der Waals surface area (Å²) < 4.78 is 39.2. The van der Waals surface area contributed by atoms with Crippen LogP contribution >= 0.6 is 0 Å². The van der Waals surface area contributed by atoms with Gasteiger partial charge in [0.1, 0.15) is 5.70 Å². The highest BCUT2D eigenvalue weighted by atomic mass is 19.4. The van der Waals surface area contributed by atoms with E-state index in [1.807, 2.05) is 49.2 Å². The maximum atomic E-state index is 13.1. The molecule has 0 spiro atoms. The molecule has 0 atom stereocenters. The Morgan fingerprint density at radius 3 is 2.48 bits per heavy atom. The molecule has 0 unspecified atom stereocenters. The lowest BCUT2D eigenvalue weighted by Gasteiger charge is -2.28. The van der Waals surface area contributed by atoms with Crippen molar-refractivity contribution in [1.29, 1.82) is 0 Å². The molecule has 2 aromatic carbocycles. The Kier molecular flexibility index (Phi) is 3.83. The molecular weight excluding hydrogens is 355 g/mol. The number of hydrogen-bond acceptors (Lipinski definition) is 4. The summed E-state index contributed by atoms with van der Waals surface area (Å²) in [6.45, 7) is 3.96.